The average molecular weight is 430 g/mol. The van der Waals surface area contributed by atoms with E-state index in [0.29, 0.717) is 5.75 Å². The van der Waals surface area contributed by atoms with Crippen LogP contribution in [0, 0.1) is 38.5 Å². The minimum Gasteiger partial charge on any atom is -0.507 e. The summed E-state index contributed by atoms with van der Waals surface area (Å²) < 4.78 is 0. The van der Waals surface area contributed by atoms with Gasteiger partial charge in [0.15, 0.2) is 0 Å². The van der Waals surface area contributed by atoms with Crippen molar-refractivity contribution in [2.45, 2.75) is 132 Å². The SMILES string of the molecule is Cc1c(C)c2c(c(C)c1O)CCC(C)(CCCC(C)CCCC(C)CCCC(C)C)N2. The van der Waals surface area contributed by atoms with Gasteiger partial charge in [0.1, 0.15) is 5.75 Å². The number of fused-ring (bicyclic) bond motifs is 1. The Morgan fingerprint density at radius 3 is 1.94 bits per heavy atom. The molecule has 0 bridgehead atoms. The summed E-state index contributed by atoms with van der Waals surface area (Å²) in [7, 11) is 0. The number of anilines is 1. The van der Waals surface area contributed by atoms with Gasteiger partial charge in [0.2, 0.25) is 0 Å². The second kappa shape index (κ2) is 11.6. The Kier molecular flexibility index (Phi) is 9.77. The normalized spacial score (nSPS) is 20.4. The van der Waals surface area contributed by atoms with Gasteiger partial charge in [-0.15, -0.1) is 0 Å². The van der Waals surface area contributed by atoms with Crippen molar-refractivity contribution >= 4 is 5.69 Å². The molecule has 0 spiro atoms. The summed E-state index contributed by atoms with van der Waals surface area (Å²) in [4.78, 5) is 0. The van der Waals surface area contributed by atoms with Crippen LogP contribution in [0.5, 0.6) is 5.75 Å². The van der Waals surface area contributed by atoms with Crippen LogP contribution in [0.3, 0.4) is 0 Å². The summed E-state index contributed by atoms with van der Waals surface area (Å²) in [5.41, 5.74) is 6.12. The van der Waals surface area contributed by atoms with Crippen LogP contribution >= 0.6 is 0 Å². The fourth-order valence-electron chi connectivity index (χ4n) is 5.46. The van der Waals surface area contributed by atoms with Crippen molar-refractivity contribution < 1.29 is 5.11 Å². The van der Waals surface area contributed by atoms with E-state index in [2.05, 4.69) is 53.8 Å². The van der Waals surface area contributed by atoms with E-state index in [9.17, 15) is 5.11 Å². The second-order valence-electron chi connectivity index (χ2n) is 11.6. The molecule has 2 nitrogen and oxygen atoms in total. The molecule has 31 heavy (non-hydrogen) atoms. The van der Waals surface area contributed by atoms with E-state index in [-0.39, 0.29) is 5.54 Å². The Morgan fingerprint density at radius 1 is 0.806 bits per heavy atom. The number of hydrogen-bond donors (Lipinski definition) is 2. The van der Waals surface area contributed by atoms with E-state index >= 15 is 0 Å². The van der Waals surface area contributed by atoms with Crippen LogP contribution in [0.25, 0.3) is 0 Å². The molecule has 178 valence electrons. The van der Waals surface area contributed by atoms with Gasteiger partial charge in [-0.2, -0.15) is 0 Å². The maximum absolute atomic E-state index is 10.4. The fraction of sp³-hybridized carbons (Fsp3) is 0.793. The van der Waals surface area contributed by atoms with Crippen molar-refractivity contribution in [3.8, 4) is 5.75 Å². The molecule has 0 amide bonds. The molecule has 1 aliphatic heterocycles. The largest absolute Gasteiger partial charge is 0.507 e. The lowest BCUT2D eigenvalue weighted by molar-refractivity contribution is 0.359. The number of benzene rings is 1. The molecule has 0 aromatic heterocycles. The molecule has 0 saturated heterocycles. The molecule has 0 radical (unpaired) electrons. The number of aromatic hydroxyl groups is 1. The van der Waals surface area contributed by atoms with Gasteiger partial charge in [0.25, 0.3) is 0 Å². The monoisotopic (exact) mass is 429 g/mol. The Bertz CT molecular complexity index is 707. The summed E-state index contributed by atoms with van der Waals surface area (Å²) in [6, 6.07) is 0. The van der Waals surface area contributed by atoms with Crippen molar-refractivity contribution in [2.75, 3.05) is 5.32 Å². The highest BCUT2D eigenvalue weighted by atomic mass is 16.3. The van der Waals surface area contributed by atoms with Crippen LogP contribution in [-0.4, -0.2) is 10.6 Å². The first-order valence-corrected chi connectivity index (χ1v) is 13.1. The van der Waals surface area contributed by atoms with Crippen molar-refractivity contribution in [3.63, 3.8) is 0 Å². The van der Waals surface area contributed by atoms with Crippen molar-refractivity contribution in [3.05, 3.63) is 22.3 Å². The summed E-state index contributed by atoms with van der Waals surface area (Å²) in [6.07, 6.45) is 14.5. The lowest BCUT2D eigenvalue weighted by Gasteiger charge is -2.39. The van der Waals surface area contributed by atoms with E-state index in [1.165, 1.54) is 74.6 Å². The standard InChI is InChI=1S/C29H51NO/c1-20(2)12-9-13-21(3)14-10-15-22(4)16-11-18-29(8)19-17-26-25(7)28(31)24(6)23(5)27(26)30-29/h20-22,30-31H,9-19H2,1-8H3. The third kappa shape index (κ3) is 7.43. The number of phenols is 1. The highest BCUT2D eigenvalue weighted by Gasteiger charge is 2.31. The molecule has 1 aromatic rings. The molecule has 3 atom stereocenters. The van der Waals surface area contributed by atoms with Gasteiger partial charge in [-0.3, -0.25) is 0 Å². The Morgan fingerprint density at radius 2 is 1.35 bits per heavy atom. The minimum atomic E-state index is 0.179. The summed E-state index contributed by atoms with van der Waals surface area (Å²) >= 11 is 0. The zero-order chi connectivity index (χ0) is 23.2. The highest BCUT2D eigenvalue weighted by molar-refractivity contribution is 5.69. The number of nitrogens with one attached hydrogen (secondary N) is 1. The third-order valence-corrected chi connectivity index (χ3v) is 8.05. The van der Waals surface area contributed by atoms with Gasteiger partial charge in [-0.05, 0) is 87.0 Å². The smallest absolute Gasteiger partial charge is 0.122 e. The van der Waals surface area contributed by atoms with Crippen LogP contribution in [0.4, 0.5) is 5.69 Å². The molecule has 2 heteroatoms. The summed E-state index contributed by atoms with van der Waals surface area (Å²) in [6.45, 7) is 18.2. The maximum atomic E-state index is 10.4. The Labute approximate surface area is 193 Å². The van der Waals surface area contributed by atoms with Crippen LogP contribution < -0.4 is 5.32 Å². The van der Waals surface area contributed by atoms with E-state index in [0.717, 1.165) is 41.7 Å². The maximum Gasteiger partial charge on any atom is 0.122 e. The summed E-state index contributed by atoms with van der Waals surface area (Å²) in [5, 5.41) is 14.3. The average Bonchev–Trinajstić information content (AvgIpc) is 2.70. The molecule has 0 aliphatic carbocycles. The van der Waals surface area contributed by atoms with Crippen LogP contribution in [-0.2, 0) is 6.42 Å². The molecule has 2 N–H and O–H groups in total. The molecule has 1 aliphatic rings. The van der Waals surface area contributed by atoms with Gasteiger partial charge in [-0.1, -0.05) is 79.1 Å². The molecule has 0 fully saturated rings. The quantitative estimate of drug-likeness (QED) is 0.325. The predicted molar refractivity (Wildman–Crippen MR) is 137 cm³/mol. The van der Waals surface area contributed by atoms with Crippen molar-refractivity contribution in [2.24, 2.45) is 17.8 Å². The molecule has 1 aromatic carbocycles. The molecule has 3 unspecified atom stereocenters. The fourth-order valence-corrected chi connectivity index (χ4v) is 5.46. The second-order valence-corrected chi connectivity index (χ2v) is 11.6. The molecule has 1 heterocycles. The van der Waals surface area contributed by atoms with E-state index in [1.807, 2.05) is 6.92 Å². The van der Waals surface area contributed by atoms with Gasteiger partial charge >= 0.3 is 0 Å². The number of rotatable bonds is 12. The van der Waals surface area contributed by atoms with Crippen molar-refractivity contribution in [1.29, 1.82) is 0 Å². The lowest BCUT2D eigenvalue weighted by atomic mass is 9.80. The minimum absolute atomic E-state index is 0.179. The van der Waals surface area contributed by atoms with Crippen molar-refractivity contribution in [1.82, 2.24) is 0 Å². The molecule has 2 rings (SSSR count). The van der Waals surface area contributed by atoms with Gasteiger partial charge in [-0.25, -0.2) is 0 Å². The molecular formula is C29H51NO. The number of phenolic OH excluding ortho intramolecular Hbond substituents is 1. The zero-order valence-corrected chi connectivity index (χ0v) is 22.0. The predicted octanol–water partition coefficient (Wildman–Crippen LogP) is 8.87. The first-order valence-electron chi connectivity index (χ1n) is 13.1. The van der Waals surface area contributed by atoms with Crippen LogP contribution in [0.1, 0.15) is 121 Å². The van der Waals surface area contributed by atoms with Crippen LogP contribution in [0.15, 0.2) is 0 Å². The Balaban J connectivity index is 1.74. The third-order valence-electron chi connectivity index (χ3n) is 8.05. The van der Waals surface area contributed by atoms with E-state index in [1.54, 1.807) is 0 Å². The van der Waals surface area contributed by atoms with Gasteiger partial charge in [0.05, 0.1) is 0 Å². The topological polar surface area (TPSA) is 32.3 Å². The van der Waals surface area contributed by atoms with Gasteiger partial charge < -0.3 is 10.4 Å². The highest BCUT2D eigenvalue weighted by Crippen LogP contribution is 2.42. The Hall–Kier alpha value is -1.18. The van der Waals surface area contributed by atoms with E-state index < -0.39 is 0 Å². The summed E-state index contributed by atoms with van der Waals surface area (Å²) in [5.74, 6) is 3.08. The molecular weight excluding hydrogens is 378 g/mol. The lowest BCUT2D eigenvalue weighted by Crippen LogP contribution is -2.39. The van der Waals surface area contributed by atoms with E-state index in [4.69, 9.17) is 0 Å². The zero-order valence-electron chi connectivity index (χ0n) is 22.0. The van der Waals surface area contributed by atoms with Crippen LogP contribution in [0.2, 0.25) is 0 Å². The molecule has 0 saturated carbocycles. The van der Waals surface area contributed by atoms with Gasteiger partial charge in [0, 0.05) is 11.2 Å². The number of hydrogen-bond acceptors (Lipinski definition) is 2. The first kappa shape index (κ1) is 26.1. The first-order chi connectivity index (χ1) is 14.5.